The summed E-state index contributed by atoms with van der Waals surface area (Å²) in [5.41, 5.74) is 3.48. The minimum atomic E-state index is -0.776. The van der Waals surface area contributed by atoms with Crippen LogP contribution in [-0.2, 0) is 9.59 Å². The van der Waals surface area contributed by atoms with E-state index in [1.54, 1.807) is 36.4 Å². The molecule has 156 valence electrons. The molecule has 0 aromatic heterocycles. The first-order valence-electron chi connectivity index (χ1n) is 9.68. The lowest BCUT2D eigenvalue weighted by Gasteiger charge is -2.27. The second-order valence-electron chi connectivity index (χ2n) is 7.47. The van der Waals surface area contributed by atoms with Crippen LogP contribution in [0.15, 0.2) is 76.8 Å². The molecule has 0 saturated carbocycles. The first kappa shape index (κ1) is 21.3. The maximum atomic E-state index is 13.2. The molecule has 0 aliphatic carbocycles. The van der Waals surface area contributed by atoms with Gasteiger partial charge in [0.15, 0.2) is 0 Å². The molecular weight excluding hydrogens is 478 g/mol. The van der Waals surface area contributed by atoms with Crippen molar-refractivity contribution >= 4 is 50.7 Å². The zero-order valence-corrected chi connectivity index (χ0v) is 19.2. The topological polar surface area (TPSA) is 57.6 Å². The fourth-order valence-corrected chi connectivity index (χ4v) is 4.23. The van der Waals surface area contributed by atoms with E-state index in [0.29, 0.717) is 16.3 Å². The molecule has 1 unspecified atom stereocenters. The summed E-state index contributed by atoms with van der Waals surface area (Å²) < 4.78 is 0.888. The van der Waals surface area contributed by atoms with Crippen LogP contribution in [0.5, 0.6) is 0 Å². The molecule has 1 aliphatic rings. The van der Waals surface area contributed by atoms with Gasteiger partial charge < -0.3 is 5.11 Å². The van der Waals surface area contributed by atoms with Crippen LogP contribution in [0.1, 0.15) is 28.3 Å². The summed E-state index contributed by atoms with van der Waals surface area (Å²) in [5.74, 6) is -1.63. The van der Waals surface area contributed by atoms with Crippen molar-refractivity contribution in [2.24, 2.45) is 0 Å². The monoisotopic (exact) mass is 495 g/mol. The number of halogens is 2. The third-order valence-electron chi connectivity index (χ3n) is 5.42. The van der Waals surface area contributed by atoms with E-state index in [9.17, 15) is 14.7 Å². The number of hydrogen-bond donors (Lipinski definition) is 1. The van der Waals surface area contributed by atoms with Gasteiger partial charge in [0.2, 0.25) is 0 Å². The molecule has 3 aromatic carbocycles. The highest BCUT2D eigenvalue weighted by Gasteiger charge is 2.47. The van der Waals surface area contributed by atoms with E-state index in [4.69, 9.17) is 11.6 Å². The Morgan fingerprint density at radius 3 is 2.35 bits per heavy atom. The van der Waals surface area contributed by atoms with Crippen molar-refractivity contribution in [2.45, 2.75) is 19.9 Å². The average molecular weight is 497 g/mol. The SMILES string of the molecule is Cc1cc(/C(O)=C2\C(=O)C(=O)N(c3cc(Cl)ccc3C)C2c2ccccc2)ccc1Br. The van der Waals surface area contributed by atoms with Gasteiger partial charge in [-0.2, -0.15) is 0 Å². The first-order chi connectivity index (χ1) is 14.8. The summed E-state index contributed by atoms with van der Waals surface area (Å²) in [6.07, 6.45) is 0. The average Bonchev–Trinajstić information content (AvgIpc) is 3.02. The Morgan fingerprint density at radius 2 is 1.68 bits per heavy atom. The fraction of sp³-hybridized carbons (Fsp3) is 0.120. The molecule has 1 aliphatic heterocycles. The summed E-state index contributed by atoms with van der Waals surface area (Å²) in [6, 6.07) is 18.9. The summed E-state index contributed by atoms with van der Waals surface area (Å²) in [5, 5.41) is 11.6. The standard InChI is InChI=1S/C25H19BrClNO3/c1-14-8-10-18(27)13-20(14)28-22(16-6-4-3-5-7-16)21(24(30)25(28)31)23(29)17-9-11-19(26)15(2)12-17/h3-13,22,29H,1-2H3/b23-21+. The summed E-state index contributed by atoms with van der Waals surface area (Å²) in [4.78, 5) is 27.8. The molecule has 1 fully saturated rings. The van der Waals surface area contributed by atoms with Gasteiger partial charge in [-0.3, -0.25) is 14.5 Å². The van der Waals surface area contributed by atoms with Gasteiger partial charge in [0, 0.05) is 20.7 Å². The Bertz CT molecular complexity index is 1240. The molecule has 1 heterocycles. The lowest BCUT2D eigenvalue weighted by molar-refractivity contribution is -0.132. The van der Waals surface area contributed by atoms with Crippen molar-refractivity contribution in [3.05, 3.63) is 104 Å². The summed E-state index contributed by atoms with van der Waals surface area (Å²) >= 11 is 9.66. The molecule has 3 aromatic rings. The van der Waals surface area contributed by atoms with E-state index in [-0.39, 0.29) is 11.3 Å². The molecule has 1 amide bonds. The van der Waals surface area contributed by atoms with E-state index < -0.39 is 17.7 Å². The maximum absolute atomic E-state index is 13.2. The highest BCUT2D eigenvalue weighted by atomic mass is 79.9. The van der Waals surface area contributed by atoms with Crippen LogP contribution in [0.2, 0.25) is 5.02 Å². The molecule has 1 saturated heterocycles. The van der Waals surface area contributed by atoms with Gasteiger partial charge in [0.25, 0.3) is 11.7 Å². The van der Waals surface area contributed by atoms with Crippen molar-refractivity contribution in [1.82, 2.24) is 0 Å². The van der Waals surface area contributed by atoms with Gasteiger partial charge >= 0.3 is 0 Å². The van der Waals surface area contributed by atoms with Crippen LogP contribution in [-0.4, -0.2) is 16.8 Å². The Hall–Kier alpha value is -2.89. The fourth-order valence-electron chi connectivity index (χ4n) is 3.82. The number of aryl methyl sites for hydroxylation is 2. The lowest BCUT2D eigenvalue weighted by Crippen LogP contribution is -2.30. The minimum Gasteiger partial charge on any atom is -0.507 e. The zero-order valence-electron chi connectivity index (χ0n) is 16.9. The van der Waals surface area contributed by atoms with Crippen molar-refractivity contribution in [3.63, 3.8) is 0 Å². The number of carbonyl (C=O) groups is 2. The van der Waals surface area contributed by atoms with Gasteiger partial charge in [-0.15, -0.1) is 0 Å². The van der Waals surface area contributed by atoms with E-state index in [0.717, 1.165) is 21.2 Å². The molecule has 4 rings (SSSR count). The predicted octanol–water partition coefficient (Wildman–Crippen LogP) is 6.35. The number of aliphatic hydroxyl groups is 1. The molecule has 0 bridgehead atoms. The minimum absolute atomic E-state index is 0.0531. The molecule has 1 N–H and O–H groups in total. The number of rotatable bonds is 3. The molecule has 4 nitrogen and oxygen atoms in total. The Balaban J connectivity index is 1.98. The van der Waals surface area contributed by atoms with Crippen LogP contribution in [0.25, 0.3) is 5.76 Å². The largest absolute Gasteiger partial charge is 0.507 e. The van der Waals surface area contributed by atoms with Gasteiger partial charge in [-0.25, -0.2) is 0 Å². The zero-order chi connectivity index (χ0) is 22.3. The van der Waals surface area contributed by atoms with Crippen LogP contribution < -0.4 is 4.90 Å². The number of aliphatic hydroxyl groups excluding tert-OH is 1. The summed E-state index contributed by atoms with van der Waals surface area (Å²) in [6.45, 7) is 3.74. The van der Waals surface area contributed by atoms with Crippen LogP contribution in [0.3, 0.4) is 0 Å². The smallest absolute Gasteiger partial charge is 0.300 e. The van der Waals surface area contributed by atoms with Gasteiger partial charge in [-0.1, -0.05) is 70.0 Å². The lowest BCUT2D eigenvalue weighted by atomic mass is 9.94. The van der Waals surface area contributed by atoms with Crippen LogP contribution in [0, 0.1) is 13.8 Å². The highest BCUT2D eigenvalue weighted by molar-refractivity contribution is 9.10. The predicted molar refractivity (Wildman–Crippen MR) is 126 cm³/mol. The van der Waals surface area contributed by atoms with Crippen molar-refractivity contribution in [3.8, 4) is 0 Å². The third kappa shape index (κ3) is 3.80. The quantitative estimate of drug-likeness (QED) is 0.261. The third-order valence-corrected chi connectivity index (χ3v) is 6.55. The molecule has 0 spiro atoms. The summed E-state index contributed by atoms with van der Waals surface area (Å²) in [7, 11) is 0. The Morgan fingerprint density at radius 1 is 0.968 bits per heavy atom. The number of ketones is 1. The van der Waals surface area contributed by atoms with Crippen LogP contribution >= 0.6 is 27.5 Å². The van der Waals surface area contributed by atoms with E-state index in [1.165, 1.54) is 4.90 Å². The van der Waals surface area contributed by atoms with Gasteiger partial charge in [0.1, 0.15) is 5.76 Å². The number of anilines is 1. The Labute approximate surface area is 193 Å². The van der Waals surface area contributed by atoms with Crippen molar-refractivity contribution in [2.75, 3.05) is 4.90 Å². The van der Waals surface area contributed by atoms with E-state index >= 15 is 0 Å². The highest BCUT2D eigenvalue weighted by Crippen LogP contribution is 2.43. The van der Waals surface area contributed by atoms with E-state index in [2.05, 4.69) is 15.9 Å². The molecule has 31 heavy (non-hydrogen) atoms. The molecule has 0 radical (unpaired) electrons. The van der Waals surface area contributed by atoms with Crippen LogP contribution in [0.4, 0.5) is 5.69 Å². The molecule has 6 heteroatoms. The number of benzene rings is 3. The van der Waals surface area contributed by atoms with E-state index in [1.807, 2.05) is 44.2 Å². The maximum Gasteiger partial charge on any atom is 0.300 e. The van der Waals surface area contributed by atoms with Gasteiger partial charge in [-0.05, 0) is 54.8 Å². The van der Waals surface area contributed by atoms with Crippen molar-refractivity contribution in [1.29, 1.82) is 0 Å². The molecule has 1 atom stereocenters. The second kappa shape index (κ2) is 8.33. The second-order valence-corrected chi connectivity index (χ2v) is 8.77. The molecular formula is C25H19BrClNO3. The number of carbonyl (C=O) groups excluding carboxylic acids is 2. The Kier molecular flexibility index (Phi) is 5.73. The number of hydrogen-bond acceptors (Lipinski definition) is 3. The number of nitrogens with zero attached hydrogens (tertiary/aromatic N) is 1. The first-order valence-corrected chi connectivity index (χ1v) is 10.9. The number of amides is 1. The van der Waals surface area contributed by atoms with Crippen molar-refractivity contribution < 1.29 is 14.7 Å². The number of Topliss-reactive ketones (excluding diaryl/α,β-unsaturated/α-hetero) is 1. The van der Waals surface area contributed by atoms with Gasteiger partial charge in [0.05, 0.1) is 11.6 Å². The normalized spacial score (nSPS) is 17.9.